The molecule has 4 heteroatoms. The molecule has 0 aliphatic carbocycles. The van der Waals surface area contributed by atoms with E-state index in [-0.39, 0.29) is 0 Å². The van der Waals surface area contributed by atoms with Crippen molar-refractivity contribution in [1.82, 2.24) is 0 Å². The number of rotatable bonds is 13. The maximum absolute atomic E-state index is 2.40. The summed E-state index contributed by atoms with van der Waals surface area (Å²) in [5.41, 5.74) is 15.5. The zero-order valence-electron chi connectivity index (χ0n) is 44.0. The molecule has 0 spiro atoms. The second-order valence-corrected chi connectivity index (χ2v) is 20.2. The lowest BCUT2D eigenvalue weighted by molar-refractivity contribution is 1.28. The Morgan fingerprint density at radius 2 is 0.412 bits per heavy atom. The van der Waals surface area contributed by atoms with Crippen molar-refractivity contribution in [3.63, 3.8) is 0 Å². The smallest absolute Gasteiger partial charge is 0.0540 e. The number of benzene rings is 14. The minimum Gasteiger partial charge on any atom is -0.310 e. The lowest BCUT2D eigenvalue weighted by Crippen LogP contribution is -2.11. The molecule has 0 N–H and O–H groups in total. The molecule has 0 aromatic heterocycles. The number of hydrogen-bond donors (Lipinski definition) is 0. The average molecular weight is 1020 g/mol. The Balaban J connectivity index is 0.802. The molecule has 80 heavy (non-hydrogen) atoms. The first-order chi connectivity index (χ1) is 39.6. The van der Waals surface area contributed by atoms with Crippen LogP contribution in [0.5, 0.6) is 0 Å². The van der Waals surface area contributed by atoms with E-state index in [4.69, 9.17) is 0 Å². The topological polar surface area (TPSA) is 13.0 Å². The first-order valence-electron chi connectivity index (χ1n) is 27.3. The molecule has 0 aliphatic heterocycles. The van der Waals surface area contributed by atoms with Crippen LogP contribution in [0.2, 0.25) is 0 Å². The van der Waals surface area contributed by atoms with E-state index in [0.29, 0.717) is 0 Å². The van der Waals surface area contributed by atoms with Crippen molar-refractivity contribution in [2.24, 2.45) is 0 Å². The summed E-state index contributed by atoms with van der Waals surface area (Å²) in [6.45, 7) is 0. The third kappa shape index (κ3) is 9.31. The molecule has 14 aromatic rings. The van der Waals surface area contributed by atoms with Crippen molar-refractivity contribution in [1.29, 1.82) is 0 Å². The number of para-hydroxylation sites is 4. The number of nitrogens with zero attached hydrogens (tertiary/aromatic N) is 4. The van der Waals surface area contributed by atoms with Crippen molar-refractivity contribution >= 4 is 111 Å². The van der Waals surface area contributed by atoms with E-state index in [9.17, 15) is 0 Å². The van der Waals surface area contributed by atoms with Gasteiger partial charge in [0.1, 0.15) is 0 Å². The molecule has 4 nitrogen and oxygen atoms in total. The Bertz CT molecular complexity index is 4390. The highest BCUT2D eigenvalue weighted by molar-refractivity contribution is 6.01. The predicted molar refractivity (Wildman–Crippen MR) is 341 cm³/mol. The molecule has 0 radical (unpaired) electrons. The molecule has 378 valence electrons. The molecule has 0 saturated carbocycles. The highest BCUT2D eigenvalue weighted by atomic mass is 15.2. The molecule has 0 heterocycles. The minimum absolute atomic E-state index is 1.08. The molecule has 0 amide bonds. The van der Waals surface area contributed by atoms with E-state index in [2.05, 4.69) is 347 Å². The summed E-state index contributed by atoms with van der Waals surface area (Å²) >= 11 is 0. The average Bonchev–Trinajstić information content (AvgIpc) is 3.55. The Morgan fingerprint density at radius 1 is 0.150 bits per heavy atom. The van der Waals surface area contributed by atoms with Crippen LogP contribution in [0.15, 0.2) is 328 Å². The zero-order valence-corrected chi connectivity index (χ0v) is 44.0. The van der Waals surface area contributed by atoms with Gasteiger partial charge in [-0.15, -0.1) is 0 Å². The largest absolute Gasteiger partial charge is 0.310 e. The summed E-state index contributed by atoms with van der Waals surface area (Å²) in [5.74, 6) is 0. The molecule has 0 saturated heterocycles. The highest BCUT2D eigenvalue weighted by Gasteiger charge is 2.20. The number of fused-ring (bicyclic) bond motifs is 4. The Labute approximate surface area is 467 Å². The van der Waals surface area contributed by atoms with Crippen LogP contribution < -0.4 is 19.6 Å². The normalized spacial score (nSPS) is 11.2. The third-order valence-corrected chi connectivity index (χ3v) is 15.3. The van der Waals surface area contributed by atoms with Gasteiger partial charge >= 0.3 is 0 Å². The summed E-state index contributed by atoms with van der Waals surface area (Å²) in [7, 11) is 0. The fourth-order valence-electron chi connectivity index (χ4n) is 11.4. The van der Waals surface area contributed by atoms with Crippen molar-refractivity contribution < 1.29 is 0 Å². The quantitative estimate of drug-likeness (QED) is 0.114. The van der Waals surface area contributed by atoms with E-state index in [1.807, 2.05) is 0 Å². The van der Waals surface area contributed by atoms with Gasteiger partial charge in [-0.1, -0.05) is 188 Å². The predicted octanol–water partition coefficient (Wildman–Crippen LogP) is 21.8. The van der Waals surface area contributed by atoms with Crippen molar-refractivity contribution in [3.8, 4) is 11.1 Å². The minimum atomic E-state index is 1.08. The molecular weight excluding hydrogens is 969 g/mol. The van der Waals surface area contributed by atoms with Gasteiger partial charge in [0.25, 0.3) is 0 Å². The summed E-state index contributed by atoms with van der Waals surface area (Å²) in [5, 5.41) is 9.47. The van der Waals surface area contributed by atoms with Crippen LogP contribution >= 0.6 is 0 Å². The van der Waals surface area contributed by atoms with Crippen LogP contribution in [0.4, 0.5) is 68.2 Å². The van der Waals surface area contributed by atoms with Crippen LogP contribution in [-0.4, -0.2) is 0 Å². The van der Waals surface area contributed by atoms with Crippen LogP contribution in [0, 0.1) is 0 Å². The van der Waals surface area contributed by atoms with E-state index in [1.54, 1.807) is 0 Å². The monoisotopic (exact) mass is 1020 g/mol. The second kappa shape index (κ2) is 21.0. The van der Waals surface area contributed by atoms with Gasteiger partial charge in [-0.25, -0.2) is 0 Å². The summed E-state index contributed by atoms with van der Waals surface area (Å²) in [4.78, 5) is 9.41. The van der Waals surface area contributed by atoms with Crippen molar-refractivity contribution in [3.05, 3.63) is 328 Å². The lowest BCUT2D eigenvalue weighted by atomic mass is 10.0. The Morgan fingerprint density at radius 3 is 0.825 bits per heavy atom. The molecule has 14 rings (SSSR count). The van der Waals surface area contributed by atoms with Crippen molar-refractivity contribution in [2.75, 3.05) is 19.6 Å². The Kier molecular flexibility index (Phi) is 12.6. The van der Waals surface area contributed by atoms with Gasteiger partial charge in [-0.3, -0.25) is 0 Å². The van der Waals surface area contributed by atoms with Crippen LogP contribution in [0.25, 0.3) is 54.2 Å². The molecule has 0 unspecified atom stereocenters. The van der Waals surface area contributed by atoms with Gasteiger partial charge in [0.2, 0.25) is 0 Å². The number of anilines is 12. The molecule has 0 atom stereocenters. The second-order valence-electron chi connectivity index (χ2n) is 20.2. The fourth-order valence-corrected chi connectivity index (χ4v) is 11.4. The van der Waals surface area contributed by atoms with E-state index < -0.39 is 0 Å². The SMILES string of the molecule is c1ccc(N(c2ccccc2)c2ccc3cc(N(c4ccc(-c5ccc(N(c6ccc7cc(N(c8ccccc8)c8ccccc8)ccc7c6)c6cccc7ccccc67)cc5)cc4)c4ccc5ccccc5c4)ccc3c2)cc1. The summed E-state index contributed by atoms with van der Waals surface area (Å²) < 4.78 is 0. The number of hydrogen-bond acceptors (Lipinski definition) is 4. The van der Waals surface area contributed by atoms with E-state index in [0.717, 1.165) is 79.4 Å². The highest BCUT2D eigenvalue weighted by Crippen LogP contribution is 2.44. The van der Waals surface area contributed by atoms with E-state index >= 15 is 0 Å². The van der Waals surface area contributed by atoms with Gasteiger partial charge in [0.05, 0.1) is 5.69 Å². The Hall–Kier alpha value is -10.7. The van der Waals surface area contributed by atoms with Gasteiger partial charge in [0, 0.05) is 67.9 Å². The van der Waals surface area contributed by atoms with Gasteiger partial charge in [0.15, 0.2) is 0 Å². The maximum Gasteiger partial charge on any atom is 0.0540 e. The molecule has 0 aliphatic rings. The standard InChI is InChI=1S/C76H54N4/c1-5-22-64(23-6-1)77(65-24-7-2-8-25-65)70-46-37-61-53-73(48-39-60(61)51-70)79(72-45-36-55-18-13-14-20-59(55)50-72)68-41-32-56(33-42-68)57-34-43-69(44-35-57)80(76-31-17-21-58-19-15-16-30-75(58)76)74-49-40-62-52-71(47-38-63(62)54-74)78(66-26-9-3-10-27-66)67-28-11-4-12-29-67/h1-54H. The van der Waals surface area contributed by atoms with Gasteiger partial charge in [-0.2, -0.15) is 0 Å². The van der Waals surface area contributed by atoms with Gasteiger partial charge in [-0.05, 0) is 188 Å². The zero-order chi connectivity index (χ0) is 53.2. The summed E-state index contributed by atoms with van der Waals surface area (Å²) in [6.07, 6.45) is 0. The van der Waals surface area contributed by atoms with Crippen LogP contribution in [0.3, 0.4) is 0 Å². The molecule has 0 bridgehead atoms. The lowest BCUT2D eigenvalue weighted by Gasteiger charge is -2.28. The molecular formula is C76H54N4. The molecule has 14 aromatic carbocycles. The van der Waals surface area contributed by atoms with E-state index in [1.165, 1.54) is 43.1 Å². The van der Waals surface area contributed by atoms with Crippen LogP contribution in [0.1, 0.15) is 0 Å². The first kappa shape index (κ1) is 47.7. The third-order valence-electron chi connectivity index (χ3n) is 15.3. The van der Waals surface area contributed by atoms with Crippen LogP contribution in [-0.2, 0) is 0 Å². The molecule has 0 fully saturated rings. The fraction of sp³-hybridized carbons (Fsp3) is 0. The first-order valence-corrected chi connectivity index (χ1v) is 27.3. The van der Waals surface area contributed by atoms with Crippen molar-refractivity contribution in [2.45, 2.75) is 0 Å². The van der Waals surface area contributed by atoms with Gasteiger partial charge < -0.3 is 19.6 Å². The summed E-state index contributed by atoms with van der Waals surface area (Å²) in [6, 6.07) is 118. The maximum atomic E-state index is 2.40.